The number of rotatable bonds is 4. The summed E-state index contributed by atoms with van der Waals surface area (Å²) in [5.41, 5.74) is 2.17. The molecule has 0 bridgehead atoms. The van der Waals surface area contributed by atoms with E-state index < -0.39 is 0 Å². The van der Waals surface area contributed by atoms with Crippen LogP contribution in [0.5, 0.6) is 5.75 Å². The Morgan fingerprint density at radius 1 is 1.41 bits per heavy atom. The van der Waals surface area contributed by atoms with Crippen LogP contribution in [-0.4, -0.2) is 16.6 Å². The van der Waals surface area contributed by atoms with E-state index in [0.717, 1.165) is 17.9 Å². The topological polar surface area (TPSA) is 45.1 Å². The number of aromatic hydroxyl groups is 1. The fourth-order valence-electron chi connectivity index (χ4n) is 2.17. The van der Waals surface area contributed by atoms with Crippen molar-refractivity contribution in [3.8, 4) is 5.75 Å². The summed E-state index contributed by atoms with van der Waals surface area (Å²) in [6.07, 6.45) is 3.98. The second-order valence-electron chi connectivity index (χ2n) is 5.19. The van der Waals surface area contributed by atoms with E-state index in [4.69, 9.17) is 0 Å². The van der Waals surface area contributed by atoms with Crippen LogP contribution in [0.2, 0.25) is 0 Å². The van der Waals surface area contributed by atoms with Crippen molar-refractivity contribution in [3.63, 3.8) is 0 Å². The van der Waals surface area contributed by atoms with Crippen molar-refractivity contribution < 1.29 is 5.11 Å². The van der Waals surface area contributed by atoms with Gasteiger partial charge >= 0.3 is 0 Å². The number of hydrogen-bond donors (Lipinski definition) is 2. The van der Waals surface area contributed by atoms with Crippen molar-refractivity contribution in [2.24, 2.45) is 5.41 Å². The Kier molecular flexibility index (Phi) is 4.78. The lowest BCUT2D eigenvalue weighted by Crippen LogP contribution is -2.37. The van der Waals surface area contributed by atoms with Gasteiger partial charge < -0.3 is 10.4 Å². The zero-order valence-corrected chi connectivity index (χ0v) is 11.3. The van der Waals surface area contributed by atoms with E-state index in [1.807, 2.05) is 13.0 Å². The highest BCUT2D eigenvalue weighted by atomic mass is 35.5. The third-order valence-electron chi connectivity index (χ3n) is 3.49. The molecule has 2 N–H and O–H groups in total. The fraction of sp³-hybridized carbons (Fsp3) is 0.615. The summed E-state index contributed by atoms with van der Waals surface area (Å²) in [6, 6.07) is 3.54. The van der Waals surface area contributed by atoms with Crippen molar-refractivity contribution in [1.29, 1.82) is 0 Å². The van der Waals surface area contributed by atoms with E-state index in [0.29, 0.717) is 12.0 Å². The largest absolute Gasteiger partial charge is 0.506 e. The molecule has 1 heterocycles. The Bertz CT molecular complexity index is 378. The molecule has 0 atom stereocenters. The van der Waals surface area contributed by atoms with Crippen LogP contribution in [-0.2, 0) is 6.54 Å². The second kappa shape index (κ2) is 5.69. The first-order valence-electron chi connectivity index (χ1n) is 5.95. The molecule has 0 aliphatic heterocycles. The molecule has 0 radical (unpaired) electrons. The molecule has 0 spiro atoms. The van der Waals surface area contributed by atoms with E-state index in [1.54, 1.807) is 6.07 Å². The first-order chi connectivity index (χ1) is 7.59. The first-order valence-corrected chi connectivity index (χ1v) is 5.95. The van der Waals surface area contributed by atoms with Gasteiger partial charge in [0.15, 0.2) is 0 Å². The van der Waals surface area contributed by atoms with Crippen molar-refractivity contribution in [2.45, 2.75) is 39.7 Å². The third kappa shape index (κ3) is 3.58. The van der Waals surface area contributed by atoms with E-state index >= 15 is 0 Å². The Hall–Kier alpha value is -0.800. The van der Waals surface area contributed by atoms with Crippen LogP contribution in [0.4, 0.5) is 0 Å². The number of nitrogens with one attached hydrogen (secondary N) is 1. The number of pyridine rings is 1. The Labute approximate surface area is 109 Å². The van der Waals surface area contributed by atoms with Crippen molar-refractivity contribution >= 4 is 12.4 Å². The van der Waals surface area contributed by atoms with Crippen LogP contribution in [0.25, 0.3) is 0 Å². The van der Waals surface area contributed by atoms with Gasteiger partial charge in [-0.1, -0.05) is 13.3 Å². The maximum atomic E-state index is 9.63. The fourth-order valence-corrected chi connectivity index (χ4v) is 2.17. The maximum Gasteiger partial charge on any atom is 0.138 e. The summed E-state index contributed by atoms with van der Waals surface area (Å²) in [5.74, 6) is 0.289. The van der Waals surface area contributed by atoms with Crippen molar-refractivity contribution in [2.75, 3.05) is 6.54 Å². The smallest absolute Gasteiger partial charge is 0.138 e. The normalized spacial score (nSPS) is 17.1. The molecule has 0 aromatic carbocycles. The molecule has 3 nitrogen and oxygen atoms in total. The minimum atomic E-state index is 0. The number of aromatic nitrogens is 1. The van der Waals surface area contributed by atoms with Gasteiger partial charge in [-0.2, -0.15) is 0 Å². The van der Waals surface area contributed by atoms with Gasteiger partial charge in [-0.3, -0.25) is 4.98 Å². The molecule has 1 aromatic rings. The summed E-state index contributed by atoms with van der Waals surface area (Å²) in [4.78, 5) is 4.32. The van der Waals surface area contributed by atoms with Crippen LogP contribution in [0.15, 0.2) is 12.1 Å². The average Bonchev–Trinajstić information content (AvgIpc) is 2.21. The van der Waals surface area contributed by atoms with Crippen LogP contribution < -0.4 is 5.32 Å². The van der Waals surface area contributed by atoms with Crippen LogP contribution in [0.3, 0.4) is 0 Å². The molecule has 0 saturated heterocycles. The van der Waals surface area contributed by atoms with Gasteiger partial charge in [-0.25, -0.2) is 0 Å². The lowest BCUT2D eigenvalue weighted by molar-refractivity contribution is 0.156. The van der Waals surface area contributed by atoms with Gasteiger partial charge in [0.1, 0.15) is 5.75 Å². The van der Waals surface area contributed by atoms with Crippen molar-refractivity contribution in [3.05, 3.63) is 23.5 Å². The SMILES string of the molecule is Cc1ccc(O)c(CNCC2(C)CCC2)n1.Cl. The highest BCUT2D eigenvalue weighted by Gasteiger charge is 2.30. The zero-order chi connectivity index (χ0) is 11.6. The molecule has 1 saturated carbocycles. The first kappa shape index (κ1) is 14.3. The van der Waals surface area contributed by atoms with Gasteiger partial charge in [0, 0.05) is 18.8 Å². The highest BCUT2D eigenvalue weighted by molar-refractivity contribution is 5.85. The Morgan fingerprint density at radius 2 is 2.12 bits per heavy atom. The second-order valence-corrected chi connectivity index (χ2v) is 5.19. The van der Waals surface area contributed by atoms with Crippen LogP contribution in [0.1, 0.15) is 37.6 Å². The molecule has 1 aliphatic rings. The summed E-state index contributed by atoms with van der Waals surface area (Å²) in [5, 5.41) is 13.0. The van der Waals surface area contributed by atoms with Crippen LogP contribution >= 0.6 is 12.4 Å². The number of halogens is 1. The van der Waals surface area contributed by atoms with Gasteiger partial charge in [0.05, 0.1) is 5.69 Å². The Morgan fingerprint density at radius 3 is 2.71 bits per heavy atom. The van der Waals surface area contributed by atoms with E-state index in [-0.39, 0.29) is 18.2 Å². The molecule has 1 aliphatic carbocycles. The van der Waals surface area contributed by atoms with Crippen LogP contribution in [0, 0.1) is 12.3 Å². The van der Waals surface area contributed by atoms with E-state index in [1.165, 1.54) is 19.3 Å². The van der Waals surface area contributed by atoms with Gasteiger partial charge in [-0.05, 0) is 37.3 Å². The summed E-state index contributed by atoms with van der Waals surface area (Å²) < 4.78 is 0. The molecule has 0 amide bonds. The van der Waals surface area contributed by atoms with Crippen molar-refractivity contribution in [1.82, 2.24) is 10.3 Å². The predicted molar refractivity (Wildman–Crippen MR) is 71.6 cm³/mol. The summed E-state index contributed by atoms with van der Waals surface area (Å²) >= 11 is 0. The number of nitrogens with zero attached hydrogens (tertiary/aromatic N) is 1. The molecular weight excluding hydrogens is 236 g/mol. The van der Waals surface area contributed by atoms with Gasteiger partial charge in [0.25, 0.3) is 0 Å². The lowest BCUT2D eigenvalue weighted by atomic mass is 9.70. The third-order valence-corrected chi connectivity index (χ3v) is 3.49. The standard InChI is InChI=1S/C13H20N2O.ClH/c1-10-4-5-12(16)11(15-10)8-14-9-13(2)6-3-7-13;/h4-5,14,16H,3,6-9H2,1-2H3;1H. The van der Waals surface area contributed by atoms with Gasteiger partial charge in [-0.15, -0.1) is 12.4 Å². The quantitative estimate of drug-likeness (QED) is 0.871. The molecular formula is C13H21ClN2O. The molecule has 4 heteroatoms. The molecule has 1 fully saturated rings. The minimum Gasteiger partial charge on any atom is -0.506 e. The summed E-state index contributed by atoms with van der Waals surface area (Å²) in [7, 11) is 0. The van der Waals surface area contributed by atoms with E-state index in [2.05, 4.69) is 17.2 Å². The number of hydrogen-bond acceptors (Lipinski definition) is 3. The average molecular weight is 257 g/mol. The molecule has 2 rings (SSSR count). The maximum absolute atomic E-state index is 9.63. The summed E-state index contributed by atoms with van der Waals surface area (Å²) in [6.45, 7) is 5.92. The predicted octanol–water partition coefficient (Wildman–Crippen LogP) is 2.80. The Balaban J connectivity index is 0.00000144. The number of aryl methyl sites for hydroxylation is 1. The molecule has 17 heavy (non-hydrogen) atoms. The van der Waals surface area contributed by atoms with Gasteiger partial charge in [0.2, 0.25) is 0 Å². The molecule has 96 valence electrons. The highest BCUT2D eigenvalue weighted by Crippen LogP contribution is 2.39. The zero-order valence-electron chi connectivity index (χ0n) is 10.5. The van der Waals surface area contributed by atoms with E-state index in [9.17, 15) is 5.11 Å². The molecule has 0 unspecified atom stereocenters. The lowest BCUT2D eigenvalue weighted by Gasteiger charge is -2.38. The molecule has 1 aromatic heterocycles. The minimum absolute atomic E-state index is 0. The monoisotopic (exact) mass is 256 g/mol.